The molecule has 5 nitrogen and oxygen atoms in total. The molecule has 4 rings (SSSR count). The number of aryl methyl sites for hydroxylation is 1. The monoisotopic (exact) mass is 525 g/mol. The molecule has 0 bridgehead atoms. The number of halogens is 3. The number of nitrogens with zero attached hydrogens (tertiary/aromatic N) is 1. The first-order chi connectivity index (χ1) is 18.1. The van der Waals surface area contributed by atoms with Crippen molar-refractivity contribution in [3.63, 3.8) is 0 Å². The predicted octanol–water partition coefficient (Wildman–Crippen LogP) is 6.80. The molecule has 0 aliphatic carbocycles. The molecule has 3 aromatic carbocycles. The smallest absolute Gasteiger partial charge is 0.416 e. The molecule has 38 heavy (non-hydrogen) atoms. The van der Waals surface area contributed by atoms with Crippen molar-refractivity contribution in [2.45, 2.75) is 32.9 Å². The Labute approximate surface area is 219 Å². The van der Waals surface area contributed by atoms with Gasteiger partial charge in [0.1, 0.15) is 23.7 Å². The molecule has 0 unspecified atom stereocenters. The normalized spacial score (nSPS) is 11.9. The van der Waals surface area contributed by atoms with E-state index in [-0.39, 0.29) is 16.9 Å². The van der Waals surface area contributed by atoms with Gasteiger partial charge in [-0.1, -0.05) is 31.2 Å². The van der Waals surface area contributed by atoms with Crippen LogP contribution in [0.4, 0.5) is 13.2 Å². The summed E-state index contributed by atoms with van der Waals surface area (Å²) in [5, 5.41) is 10.8. The fourth-order valence-electron chi connectivity index (χ4n) is 4.47. The van der Waals surface area contributed by atoms with E-state index in [0.717, 1.165) is 43.0 Å². The summed E-state index contributed by atoms with van der Waals surface area (Å²) in [6.45, 7) is 6.14. The zero-order chi connectivity index (χ0) is 27.4. The molecule has 0 radical (unpaired) electrons. The Balaban J connectivity index is 1.71. The lowest BCUT2D eigenvalue weighted by atomic mass is 9.92. The van der Waals surface area contributed by atoms with E-state index in [2.05, 4.69) is 11.8 Å². The van der Waals surface area contributed by atoms with Crippen molar-refractivity contribution in [2.75, 3.05) is 26.7 Å². The fraction of sp³-hybridized carbons (Fsp3) is 0.300. The molecule has 0 aliphatic rings. The van der Waals surface area contributed by atoms with Gasteiger partial charge in [-0.2, -0.15) is 13.2 Å². The Kier molecular flexibility index (Phi) is 8.11. The van der Waals surface area contributed by atoms with Crippen LogP contribution in [0.3, 0.4) is 0 Å². The van der Waals surface area contributed by atoms with Crippen LogP contribution in [0.5, 0.6) is 11.5 Å². The lowest BCUT2D eigenvalue weighted by Gasteiger charge is -2.16. The molecule has 1 N–H and O–H groups in total. The van der Waals surface area contributed by atoms with E-state index in [1.54, 1.807) is 13.0 Å². The molecule has 0 saturated carbocycles. The third-order valence-corrected chi connectivity index (χ3v) is 6.56. The maximum Gasteiger partial charge on any atom is 0.416 e. The average molecular weight is 526 g/mol. The van der Waals surface area contributed by atoms with Gasteiger partial charge in [-0.25, -0.2) is 4.79 Å². The second kappa shape index (κ2) is 11.3. The van der Waals surface area contributed by atoms with E-state index in [4.69, 9.17) is 9.15 Å². The Hall–Kier alpha value is -3.78. The predicted molar refractivity (Wildman–Crippen MR) is 142 cm³/mol. The first kappa shape index (κ1) is 27.3. The highest BCUT2D eigenvalue weighted by atomic mass is 19.4. The summed E-state index contributed by atoms with van der Waals surface area (Å²) in [6.07, 6.45) is -3.09. The van der Waals surface area contributed by atoms with Crippen LogP contribution >= 0.6 is 0 Å². The number of phenolic OH excluding ortho intramolecular Hbond substituents is 1. The third-order valence-electron chi connectivity index (χ3n) is 6.56. The van der Waals surface area contributed by atoms with E-state index in [9.17, 15) is 23.1 Å². The number of benzene rings is 3. The van der Waals surface area contributed by atoms with Crippen LogP contribution < -0.4 is 10.4 Å². The number of fused-ring (bicyclic) bond motifs is 1. The van der Waals surface area contributed by atoms with Crippen molar-refractivity contribution in [2.24, 2.45) is 0 Å². The van der Waals surface area contributed by atoms with E-state index >= 15 is 0 Å². The van der Waals surface area contributed by atoms with Gasteiger partial charge < -0.3 is 19.2 Å². The van der Waals surface area contributed by atoms with Crippen LogP contribution in [0.25, 0.3) is 22.1 Å². The highest BCUT2D eigenvalue weighted by molar-refractivity contribution is 5.90. The van der Waals surface area contributed by atoms with Crippen molar-refractivity contribution < 1.29 is 27.4 Å². The number of phenols is 1. The number of rotatable bonds is 9. The number of hydrogen-bond acceptors (Lipinski definition) is 5. The minimum absolute atomic E-state index is 0.0139. The number of aromatic hydroxyl groups is 1. The molecule has 0 amide bonds. The molecule has 200 valence electrons. The maximum absolute atomic E-state index is 13.2. The minimum atomic E-state index is -4.49. The summed E-state index contributed by atoms with van der Waals surface area (Å²) in [4.78, 5) is 15.4. The van der Waals surface area contributed by atoms with Crippen molar-refractivity contribution >= 4 is 11.0 Å². The highest BCUT2D eigenvalue weighted by Crippen LogP contribution is 2.35. The summed E-state index contributed by atoms with van der Waals surface area (Å²) in [6, 6.07) is 15.2. The Morgan fingerprint density at radius 3 is 2.29 bits per heavy atom. The summed E-state index contributed by atoms with van der Waals surface area (Å²) in [5.41, 5.74) is 1.18. The van der Waals surface area contributed by atoms with E-state index < -0.39 is 17.4 Å². The molecule has 0 atom stereocenters. The van der Waals surface area contributed by atoms with Gasteiger partial charge in [0.25, 0.3) is 0 Å². The topological polar surface area (TPSA) is 62.9 Å². The summed E-state index contributed by atoms with van der Waals surface area (Å²) in [5.74, 6) is 0.708. The van der Waals surface area contributed by atoms with Gasteiger partial charge in [0.15, 0.2) is 0 Å². The van der Waals surface area contributed by atoms with Gasteiger partial charge in [0.2, 0.25) is 0 Å². The van der Waals surface area contributed by atoms with Crippen LogP contribution in [0, 0.1) is 6.92 Å². The Bertz CT molecular complexity index is 1460. The van der Waals surface area contributed by atoms with Gasteiger partial charge in [-0.15, -0.1) is 0 Å². The standard InChI is InChI=1S/C30H30F3NO4/c1-4-15-34(3)16-17-37-23-11-5-20(6-12-23)18-25-24-13-14-26(35)19(2)28(24)38-29(36)27(25)21-7-9-22(10-8-21)30(31,32)33/h5-14,35H,4,15-18H2,1-3H3. The van der Waals surface area contributed by atoms with E-state index in [0.29, 0.717) is 35.1 Å². The lowest BCUT2D eigenvalue weighted by molar-refractivity contribution is -0.137. The largest absolute Gasteiger partial charge is 0.508 e. The molecule has 4 aromatic rings. The molecule has 8 heteroatoms. The van der Waals surface area contributed by atoms with Crippen molar-refractivity contribution in [3.8, 4) is 22.6 Å². The molecule has 1 heterocycles. The zero-order valence-corrected chi connectivity index (χ0v) is 21.6. The van der Waals surface area contributed by atoms with Crippen LogP contribution in [0.1, 0.15) is 35.6 Å². The van der Waals surface area contributed by atoms with E-state index in [1.165, 1.54) is 18.2 Å². The first-order valence-corrected chi connectivity index (χ1v) is 12.4. The molecule has 0 fully saturated rings. The van der Waals surface area contributed by atoms with Gasteiger partial charge in [0, 0.05) is 17.5 Å². The average Bonchev–Trinajstić information content (AvgIpc) is 2.87. The Morgan fingerprint density at radius 2 is 1.66 bits per heavy atom. The van der Waals surface area contributed by atoms with Gasteiger partial charge in [-0.3, -0.25) is 0 Å². The van der Waals surface area contributed by atoms with Crippen LogP contribution in [-0.2, 0) is 12.6 Å². The molecule has 0 aliphatic heterocycles. The molecule has 0 saturated heterocycles. The fourth-order valence-corrected chi connectivity index (χ4v) is 4.47. The lowest BCUT2D eigenvalue weighted by Crippen LogP contribution is -2.24. The quantitative estimate of drug-likeness (QED) is 0.244. The summed E-state index contributed by atoms with van der Waals surface area (Å²) in [7, 11) is 2.05. The molecule has 1 aromatic heterocycles. The molecular weight excluding hydrogens is 495 g/mol. The molecular formula is C30H30F3NO4. The van der Waals surface area contributed by atoms with E-state index in [1.807, 2.05) is 31.3 Å². The first-order valence-electron chi connectivity index (χ1n) is 12.4. The maximum atomic E-state index is 13.2. The van der Waals surface area contributed by atoms with Crippen LogP contribution in [0.15, 0.2) is 69.9 Å². The van der Waals surface area contributed by atoms with Crippen molar-refractivity contribution in [3.05, 3.63) is 93.3 Å². The van der Waals surface area contributed by atoms with Gasteiger partial charge in [0.05, 0.1) is 11.1 Å². The minimum Gasteiger partial charge on any atom is -0.508 e. The number of ether oxygens (including phenoxy) is 1. The molecule has 0 spiro atoms. The zero-order valence-electron chi connectivity index (χ0n) is 21.6. The summed E-state index contributed by atoms with van der Waals surface area (Å²) >= 11 is 0. The van der Waals surface area contributed by atoms with Gasteiger partial charge >= 0.3 is 11.8 Å². The number of likely N-dealkylation sites (N-methyl/N-ethyl adjacent to an activating group) is 1. The SMILES string of the molecule is CCCN(C)CCOc1ccc(Cc2c(-c3ccc(C(F)(F)F)cc3)c(=O)oc3c(C)c(O)ccc23)cc1. The second-order valence-corrected chi connectivity index (χ2v) is 9.38. The number of alkyl halides is 3. The van der Waals surface area contributed by atoms with Crippen LogP contribution in [0.2, 0.25) is 0 Å². The Morgan fingerprint density at radius 1 is 0.974 bits per heavy atom. The van der Waals surface area contributed by atoms with Crippen molar-refractivity contribution in [1.29, 1.82) is 0 Å². The second-order valence-electron chi connectivity index (χ2n) is 9.38. The number of hydrogen-bond donors (Lipinski definition) is 1. The summed E-state index contributed by atoms with van der Waals surface area (Å²) < 4.78 is 50.8. The third kappa shape index (κ3) is 6.02. The highest BCUT2D eigenvalue weighted by Gasteiger charge is 2.30. The van der Waals surface area contributed by atoms with Crippen LogP contribution in [-0.4, -0.2) is 36.8 Å². The van der Waals surface area contributed by atoms with Crippen molar-refractivity contribution in [1.82, 2.24) is 4.90 Å². The van der Waals surface area contributed by atoms with Gasteiger partial charge in [-0.05, 0) is 86.4 Å².